The molecule has 29 heavy (non-hydrogen) atoms. The van der Waals surface area contributed by atoms with E-state index in [0.717, 1.165) is 27.7 Å². The molecule has 5 aromatic rings. The molecule has 0 aliphatic rings. The van der Waals surface area contributed by atoms with Crippen LogP contribution in [-0.4, -0.2) is 35.9 Å². The highest BCUT2D eigenvalue weighted by Gasteiger charge is 2.16. The number of H-pyrrole nitrogens is 2. The van der Waals surface area contributed by atoms with E-state index in [1.165, 1.54) is 0 Å². The molecule has 0 aliphatic carbocycles. The second kappa shape index (κ2) is 7.08. The molecule has 8 nitrogen and oxygen atoms in total. The summed E-state index contributed by atoms with van der Waals surface area (Å²) in [6.07, 6.45) is 6.81. The van der Waals surface area contributed by atoms with Gasteiger partial charge in [-0.1, -0.05) is 36.4 Å². The maximum absolute atomic E-state index is 12.7. The number of rotatable bonds is 5. The molecule has 0 saturated heterocycles. The third-order valence-corrected chi connectivity index (χ3v) is 4.67. The molecule has 0 fully saturated rings. The molecular formula is C21H17N7O. The Labute approximate surface area is 165 Å². The molecule has 3 heterocycles. The number of benzene rings is 2. The standard InChI is InChI=1S/C21H17N7O/c29-21(25-16-9-24-28(12-16)11-14-4-2-1-3-5-14)20-17-7-6-15(8-18(17)26-27-20)19-10-22-13-23-19/h1-10,12-13H,11H2,(H,22,23)(H,25,29)(H,26,27). The Morgan fingerprint density at radius 2 is 2.00 bits per heavy atom. The van der Waals surface area contributed by atoms with Gasteiger partial charge >= 0.3 is 0 Å². The molecule has 0 bridgehead atoms. The Bertz CT molecular complexity index is 1270. The lowest BCUT2D eigenvalue weighted by atomic mass is 10.1. The van der Waals surface area contributed by atoms with Crippen molar-refractivity contribution in [2.45, 2.75) is 6.54 Å². The lowest BCUT2D eigenvalue weighted by molar-refractivity contribution is 0.102. The second-order valence-corrected chi connectivity index (χ2v) is 6.66. The second-order valence-electron chi connectivity index (χ2n) is 6.66. The van der Waals surface area contributed by atoms with Crippen LogP contribution in [0.15, 0.2) is 73.4 Å². The molecule has 0 radical (unpaired) electrons. The van der Waals surface area contributed by atoms with Crippen LogP contribution in [0.5, 0.6) is 0 Å². The summed E-state index contributed by atoms with van der Waals surface area (Å²) in [5.74, 6) is -0.287. The Hall–Kier alpha value is -4.20. The van der Waals surface area contributed by atoms with Crippen molar-refractivity contribution in [3.05, 3.63) is 84.7 Å². The van der Waals surface area contributed by atoms with Crippen LogP contribution in [0.25, 0.3) is 22.2 Å². The quantitative estimate of drug-likeness (QED) is 0.432. The van der Waals surface area contributed by atoms with Crippen molar-refractivity contribution < 1.29 is 4.79 Å². The molecule has 3 N–H and O–H groups in total. The molecule has 0 saturated carbocycles. The molecular weight excluding hydrogens is 366 g/mol. The summed E-state index contributed by atoms with van der Waals surface area (Å²) < 4.78 is 1.78. The van der Waals surface area contributed by atoms with Gasteiger partial charge in [0.25, 0.3) is 5.91 Å². The van der Waals surface area contributed by atoms with Gasteiger partial charge < -0.3 is 10.3 Å². The molecule has 0 spiro atoms. The van der Waals surface area contributed by atoms with E-state index in [4.69, 9.17) is 0 Å². The fourth-order valence-electron chi connectivity index (χ4n) is 3.25. The predicted octanol–water partition coefficient (Wildman–Crippen LogP) is 3.45. The number of aromatic nitrogens is 6. The van der Waals surface area contributed by atoms with Crippen molar-refractivity contribution >= 4 is 22.5 Å². The minimum absolute atomic E-state index is 0.287. The van der Waals surface area contributed by atoms with Gasteiger partial charge in [0.1, 0.15) is 0 Å². The van der Waals surface area contributed by atoms with Crippen LogP contribution in [0, 0.1) is 0 Å². The number of nitrogens with zero attached hydrogens (tertiary/aromatic N) is 4. The topological polar surface area (TPSA) is 104 Å². The lowest BCUT2D eigenvalue weighted by Gasteiger charge is -2.02. The highest BCUT2D eigenvalue weighted by atomic mass is 16.2. The maximum atomic E-state index is 12.7. The fourth-order valence-corrected chi connectivity index (χ4v) is 3.25. The first-order valence-electron chi connectivity index (χ1n) is 9.11. The third-order valence-electron chi connectivity index (χ3n) is 4.67. The van der Waals surface area contributed by atoms with Gasteiger partial charge in [0.2, 0.25) is 0 Å². The number of carbonyl (C=O) groups excluding carboxylic acids is 1. The number of amides is 1. The van der Waals surface area contributed by atoms with Gasteiger partial charge in [-0.25, -0.2) is 4.98 Å². The number of carbonyl (C=O) groups is 1. The van der Waals surface area contributed by atoms with Crippen molar-refractivity contribution in [1.29, 1.82) is 0 Å². The molecule has 8 heteroatoms. The number of aromatic amines is 2. The number of anilines is 1. The first kappa shape index (κ1) is 16.9. The highest BCUT2D eigenvalue weighted by Crippen LogP contribution is 2.24. The van der Waals surface area contributed by atoms with Gasteiger partial charge in [-0.2, -0.15) is 10.2 Å². The van der Waals surface area contributed by atoms with Crippen molar-refractivity contribution in [3.8, 4) is 11.3 Å². The molecule has 0 atom stereocenters. The van der Waals surface area contributed by atoms with Gasteiger partial charge in [0, 0.05) is 17.1 Å². The van der Waals surface area contributed by atoms with E-state index in [-0.39, 0.29) is 5.91 Å². The maximum Gasteiger partial charge on any atom is 0.276 e. The van der Waals surface area contributed by atoms with Crippen molar-refractivity contribution in [2.24, 2.45) is 0 Å². The van der Waals surface area contributed by atoms with Gasteiger partial charge in [0.05, 0.1) is 42.2 Å². The number of hydrogen-bond donors (Lipinski definition) is 3. The first-order chi connectivity index (χ1) is 14.3. The Morgan fingerprint density at radius 1 is 1.10 bits per heavy atom. The molecule has 2 aromatic carbocycles. The minimum atomic E-state index is -0.287. The summed E-state index contributed by atoms with van der Waals surface area (Å²) in [7, 11) is 0. The fraction of sp³-hybridized carbons (Fsp3) is 0.0476. The summed E-state index contributed by atoms with van der Waals surface area (Å²) >= 11 is 0. The number of imidazole rings is 1. The van der Waals surface area contributed by atoms with E-state index in [1.54, 1.807) is 29.6 Å². The van der Waals surface area contributed by atoms with Gasteiger partial charge in [0.15, 0.2) is 5.69 Å². The largest absolute Gasteiger partial charge is 0.345 e. The normalized spacial score (nSPS) is 11.0. The molecule has 0 unspecified atom stereocenters. The minimum Gasteiger partial charge on any atom is -0.345 e. The summed E-state index contributed by atoms with van der Waals surface area (Å²) in [4.78, 5) is 19.8. The average molecular weight is 383 g/mol. The highest BCUT2D eigenvalue weighted by molar-refractivity contribution is 6.11. The van der Waals surface area contributed by atoms with Crippen molar-refractivity contribution in [3.63, 3.8) is 0 Å². The monoisotopic (exact) mass is 383 g/mol. The summed E-state index contributed by atoms with van der Waals surface area (Å²) in [6, 6.07) is 15.8. The molecule has 142 valence electrons. The van der Waals surface area contributed by atoms with E-state index in [9.17, 15) is 4.79 Å². The van der Waals surface area contributed by atoms with Gasteiger partial charge in [-0.15, -0.1) is 0 Å². The van der Waals surface area contributed by atoms with Crippen LogP contribution < -0.4 is 5.32 Å². The average Bonchev–Trinajstić information content (AvgIpc) is 3.49. The smallest absolute Gasteiger partial charge is 0.276 e. The SMILES string of the molecule is O=C(Nc1cnn(Cc2ccccc2)c1)c1n[nH]c2cc(-c3cnc[nH]3)ccc12. The zero-order valence-corrected chi connectivity index (χ0v) is 15.3. The van der Waals surface area contributed by atoms with E-state index >= 15 is 0 Å². The zero-order chi connectivity index (χ0) is 19.6. The lowest BCUT2D eigenvalue weighted by Crippen LogP contribution is -2.12. The Morgan fingerprint density at radius 3 is 2.83 bits per heavy atom. The molecule has 3 aromatic heterocycles. The van der Waals surface area contributed by atoms with Crippen LogP contribution in [0.2, 0.25) is 0 Å². The summed E-state index contributed by atoms with van der Waals surface area (Å²) in [5.41, 5.74) is 4.75. The van der Waals surface area contributed by atoms with E-state index < -0.39 is 0 Å². The van der Waals surface area contributed by atoms with Crippen molar-refractivity contribution in [2.75, 3.05) is 5.32 Å². The Balaban J connectivity index is 1.34. The molecule has 1 amide bonds. The van der Waals surface area contributed by atoms with E-state index in [0.29, 0.717) is 17.9 Å². The summed E-state index contributed by atoms with van der Waals surface area (Å²) in [5, 5.41) is 15.1. The molecule has 0 aliphatic heterocycles. The van der Waals surface area contributed by atoms with Gasteiger partial charge in [-0.05, 0) is 17.7 Å². The molecule has 5 rings (SSSR count). The van der Waals surface area contributed by atoms with E-state index in [1.807, 2.05) is 48.5 Å². The van der Waals surface area contributed by atoms with Crippen LogP contribution in [0.1, 0.15) is 16.1 Å². The zero-order valence-electron chi connectivity index (χ0n) is 15.3. The van der Waals surface area contributed by atoms with Crippen molar-refractivity contribution in [1.82, 2.24) is 29.9 Å². The summed E-state index contributed by atoms with van der Waals surface area (Å²) in [6.45, 7) is 0.637. The number of nitrogens with one attached hydrogen (secondary N) is 3. The first-order valence-corrected chi connectivity index (χ1v) is 9.11. The number of fused-ring (bicyclic) bond motifs is 1. The number of hydrogen-bond acceptors (Lipinski definition) is 4. The van der Waals surface area contributed by atoms with Crippen LogP contribution in [0.3, 0.4) is 0 Å². The van der Waals surface area contributed by atoms with Gasteiger partial charge in [-0.3, -0.25) is 14.6 Å². The third kappa shape index (κ3) is 3.39. The predicted molar refractivity (Wildman–Crippen MR) is 109 cm³/mol. The van der Waals surface area contributed by atoms with Crippen LogP contribution in [-0.2, 0) is 6.54 Å². The van der Waals surface area contributed by atoms with Crippen LogP contribution in [0.4, 0.5) is 5.69 Å². The Kier molecular flexibility index (Phi) is 4.14. The van der Waals surface area contributed by atoms with Crippen LogP contribution >= 0.6 is 0 Å². The van der Waals surface area contributed by atoms with E-state index in [2.05, 4.69) is 30.6 Å².